The fraction of sp³-hybridized carbons (Fsp3) is 0.417. The van der Waals surface area contributed by atoms with Gasteiger partial charge in [-0.1, -0.05) is 17.7 Å². The van der Waals surface area contributed by atoms with Gasteiger partial charge in [-0.3, -0.25) is 4.79 Å². The molecule has 0 unspecified atom stereocenters. The quantitative estimate of drug-likeness (QED) is 0.612. The number of hydrogen-bond donors (Lipinski definition) is 0. The van der Waals surface area contributed by atoms with Crippen molar-refractivity contribution in [3.8, 4) is 0 Å². The van der Waals surface area contributed by atoms with Gasteiger partial charge in [0, 0.05) is 6.92 Å². The minimum Gasteiger partial charge on any atom is -0.457 e. The molecule has 0 amide bonds. The Bertz CT molecular complexity index is 538. The number of hydrogen-bond acceptors (Lipinski definition) is 5. The number of benzene rings is 1. The van der Waals surface area contributed by atoms with Gasteiger partial charge in [0.25, 0.3) is 16.5 Å². The van der Waals surface area contributed by atoms with E-state index >= 15 is 0 Å². The van der Waals surface area contributed by atoms with Crippen molar-refractivity contribution in [2.75, 3.05) is 0 Å². The molecule has 0 aliphatic heterocycles. The Morgan fingerprint density at radius 2 is 1.79 bits per heavy atom. The molecular weight excluding hydrogens is 275 g/mol. The number of rotatable bonds is 5. The SMILES string of the molecule is CC(=O)O[C@H](C)[C@@H](F)OS(=O)(=O)c1ccc(C)cc1. The summed E-state index contributed by atoms with van der Waals surface area (Å²) in [5.41, 5.74) is 0.865. The van der Waals surface area contributed by atoms with Crippen molar-refractivity contribution >= 4 is 16.1 Å². The summed E-state index contributed by atoms with van der Waals surface area (Å²) >= 11 is 0. The summed E-state index contributed by atoms with van der Waals surface area (Å²) in [5, 5.41) is 0. The Kier molecular flexibility index (Phi) is 5.02. The van der Waals surface area contributed by atoms with Gasteiger partial charge in [0.05, 0.1) is 4.90 Å². The topological polar surface area (TPSA) is 69.7 Å². The van der Waals surface area contributed by atoms with Crippen molar-refractivity contribution < 1.29 is 26.5 Å². The molecule has 106 valence electrons. The maximum atomic E-state index is 13.5. The van der Waals surface area contributed by atoms with E-state index in [0.29, 0.717) is 0 Å². The summed E-state index contributed by atoms with van der Waals surface area (Å²) in [4.78, 5) is 10.5. The molecule has 1 aromatic carbocycles. The molecule has 0 heterocycles. The Labute approximate surface area is 111 Å². The zero-order valence-corrected chi connectivity index (χ0v) is 11.6. The third-order valence-corrected chi connectivity index (χ3v) is 3.54. The molecule has 0 aliphatic carbocycles. The number of ether oxygens (including phenoxy) is 1. The molecule has 0 saturated heterocycles. The van der Waals surface area contributed by atoms with Crippen LogP contribution in [0.4, 0.5) is 4.39 Å². The monoisotopic (exact) mass is 290 g/mol. The van der Waals surface area contributed by atoms with Crippen LogP contribution in [0.25, 0.3) is 0 Å². The fourth-order valence-electron chi connectivity index (χ4n) is 1.28. The summed E-state index contributed by atoms with van der Waals surface area (Å²) < 4.78 is 45.9. The Balaban J connectivity index is 2.79. The second-order valence-electron chi connectivity index (χ2n) is 4.03. The Morgan fingerprint density at radius 3 is 2.26 bits per heavy atom. The summed E-state index contributed by atoms with van der Waals surface area (Å²) in [7, 11) is -4.22. The zero-order valence-electron chi connectivity index (χ0n) is 10.8. The molecule has 0 fully saturated rings. The molecule has 1 rings (SSSR count). The van der Waals surface area contributed by atoms with Crippen LogP contribution in [0, 0.1) is 6.92 Å². The highest BCUT2D eigenvalue weighted by Crippen LogP contribution is 2.18. The third kappa shape index (κ3) is 4.60. The van der Waals surface area contributed by atoms with E-state index in [2.05, 4.69) is 8.92 Å². The smallest absolute Gasteiger partial charge is 0.303 e. The summed E-state index contributed by atoms with van der Waals surface area (Å²) in [6.07, 6.45) is -3.56. The van der Waals surface area contributed by atoms with Gasteiger partial charge < -0.3 is 4.74 Å². The van der Waals surface area contributed by atoms with Gasteiger partial charge in [-0.25, -0.2) is 8.57 Å². The van der Waals surface area contributed by atoms with Gasteiger partial charge in [-0.2, -0.15) is 8.42 Å². The number of aryl methyl sites for hydroxylation is 1. The lowest BCUT2D eigenvalue weighted by molar-refractivity contribution is -0.155. The van der Waals surface area contributed by atoms with Crippen LogP contribution in [0.2, 0.25) is 0 Å². The van der Waals surface area contributed by atoms with Crippen molar-refractivity contribution in [2.24, 2.45) is 0 Å². The zero-order chi connectivity index (χ0) is 14.6. The normalized spacial score (nSPS) is 14.7. The van der Waals surface area contributed by atoms with E-state index in [4.69, 9.17) is 0 Å². The fourth-order valence-corrected chi connectivity index (χ4v) is 2.25. The number of esters is 1. The largest absolute Gasteiger partial charge is 0.457 e. The number of alkyl halides is 1. The molecule has 0 radical (unpaired) electrons. The second-order valence-corrected chi connectivity index (χ2v) is 5.60. The van der Waals surface area contributed by atoms with E-state index < -0.39 is 28.5 Å². The predicted octanol–water partition coefficient (Wildman–Crippen LogP) is 1.95. The van der Waals surface area contributed by atoms with Crippen LogP contribution in [0.15, 0.2) is 29.2 Å². The maximum absolute atomic E-state index is 13.5. The van der Waals surface area contributed by atoms with E-state index in [1.165, 1.54) is 19.1 Å². The molecule has 2 atom stereocenters. The van der Waals surface area contributed by atoms with Crippen molar-refractivity contribution in [3.63, 3.8) is 0 Å². The second kappa shape index (κ2) is 6.12. The predicted molar refractivity (Wildman–Crippen MR) is 65.6 cm³/mol. The number of halogens is 1. The minimum absolute atomic E-state index is 0.157. The average molecular weight is 290 g/mol. The first-order valence-electron chi connectivity index (χ1n) is 5.53. The molecule has 0 aromatic heterocycles. The lowest BCUT2D eigenvalue weighted by Crippen LogP contribution is -2.29. The molecular formula is C12H15FO5S. The molecule has 1 aromatic rings. The van der Waals surface area contributed by atoms with E-state index in [1.807, 2.05) is 0 Å². The van der Waals surface area contributed by atoms with Crippen LogP contribution in [0.5, 0.6) is 0 Å². The van der Waals surface area contributed by atoms with Crippen molar-refractivity contribution in [1.29, 1.82) is 0 Å². The van der Waals surface area contributed by atoms with Gasteiger partial charge in [0.15, 0.2) is 6.10 Å². The summed E-state index contributed by atoms with van der Waals surface area (Å²) in [6.45, 7) is 4.09. The Morgan fingerprint density at radius 1 is 1.26 bits per heavy atom. The first kappa shape index (κ1) is 15.6. The van der Waals surface area contributed by atoms with Crippen LogP contribution in [-0.2, 0) is 23.8 Å². The highest BCUT2D eigenvalue weighted by Gasteiger charge is 2.27. The molecule has 7 heteroatoms. The van der Waals surface area contributed by atoms with Gasteiger partial charge >= 0.3 is 5.97 Å². The maximum Gasteiger partial charge on any atom is 0.303 e. The lowest BCUT2D eigenvalue weighted by atomic mass is 10.2. The first-order valence-corrected chi connectivity index (χ1v) is 6.94. The van der Waals surface area contributed by atoms with Crippen LogP contribution < -0.4 is 0 Å². The lowest BCUT2D eigenvalue weighted by Gasteiger charge is -2.16. The molecule has 19 heavy (non-hydrogen) atoms. The molecule has 0 spiro atoms. The van der Waals surface area contributed by atoms with Gasteiger partial charge in [-0.05, 0) is 26.0 Å². The van der Waals surface area contributed by atoms with Crippen LogP contribution >= 0.6 is 0 Å². The van der Waals surface area contributed by atoms with Crippen LogP contribution in [-0.4, -0.2) is 26.8 Å². The van der Waals surface area contributed by atoms with E-state index in [0.717, 1.165) is 12.5 Å². The van der Waals surface area contributed by atoms with Gasteiger partial charge in [0.2, 0.25) is 0 Å². The Hall–Kier alpha value is -1.47. The van der Waals surface area contributed by atoms with Crippen molar-refractivity contribution in [2.45, 2.75) is 38.1 Å². The van der Waals surface area contributed by atoms with Gasteiger partial charge in [-0.15, -0.1) is 0 Å². The third-order valence-electron chi connectivity index (χ3n) is 2.25. The standard InChI is InChI=1S/C12H15FO5S/c1-8-4-6-11(7-5-8)19(15,16)18-12(13)9(2)17-10(3)14/h4-7,9,12H,1-3H3/t9-,12+/m1/s1. The average Bonchev–Trinajstić information content (AvgIpc) is 2.27. The summed E-state index contributed by atoms with van der Waals surface area (Å²) in [6, 6.07) is 5.76. The molecule has 0 aliphatic rings. The molecule has 5 nitrogen and oxygen atoms in total. The van der Waals surface area contributed by atoms with Crippen LogP contribution in [0.3, 0.4) is 0 Å². The highest BCUT2D eigenvalue weighted by atomic mass is 32.2. The molecule has 0 N–H and O–H groups in total. The minimum atomic E-state index is -4.22. The number of carbonyl (C=O) groups excluding carboxylic acids is 1. The molecule has 0 bridgehead atoms. The van der Waals surface area contributed by atoms with E-state index in [1.54, 1.807) is 19.1 Å². The van der Waals surface area contributed by atoms with E-state index in [-0.39, 0.29) is 4.90 Å². The van der Waals surface area contributed by atoms with Crippen molar-refractivity contribution in [1.82, 2.24) is 0 Å². The summed E-state index contributed by atoms with van der Waals surface area (Å²) in [5.74, 6) is -0.716. The highest BCUT2D eigenvalue weighted by molar-refractivity contribution is 7.86. The van der Waals surface area contributed by atoms with Gasteiger partial charge in [0.1, 0.15) is 0 Å². The first-order chi connectivity index (χ1) is 8.72. The van der Waals surface area contributed by atoms with Crippen molar-refractivity contribution in [3.05, 3.63) is 29.8 Å². The molecule has 0 saturated carbocycles. The van der Waals surface area contributed by atoms with E-state index in [9.17, 15) is 17.6 Å². The number of carbonyl (C=O) groups is 1. The van der Waals surface area contributed by atoms with Crippen LogP contribution in [0.1, 0.15) is 19.4 Å².